The van der Waals surface area contributed by atoms with E-state index in [4.69, 9.17) is 9.47 Å². The van der Waals surface area contributed by atoms with Gasteiger partial charge in [0.25, 0.3) is 0 Å². The molecule has 1 saturated heterocycles. The Bertz CT molecular complexity index is 743. The first-order valence-corrected chi connectivity index (χ1v) is 11.3. The number of nitrogens with one attached hydrogen (secondary N) is 1. The Morgan fingerprint density at radius 3 is 2.80 bits per heavy atom. The van der Waals surface area contributed by atoms with Crippen LogP contribution in [0.25, 0.3) is 11.1 Å². The van der Waals surface area contributed by atoms with Crippen molar-refractivity contribution in [3.8, 4) is 16.9 Å². The molecule has 1 unspecified atom stereocenters. The molecule has 1 aliphatic heterocycles. The van der Waals surface area contributed by atoms with Crippen LogP contribution >= 0.6 is 0 Å². The van der Waals surface area contributed by atoms with Crippen LogP contribution in [0.2, 0.25) is 0 Å². The van der Waals surface area contributed by atoms with E-state index in [-0.39, 0.29) is 5.82 Å². The number of rotatable bonds is 11. The fourth-order valence-electron chi connectivity index (χ4n) is 4.03. The number of pyridine rings is 1. The van der Waals surface area contributed by atoms with E-state index in [2.05, 4.69) is 10.3 Å². The van der Waals surface area contributed by atoms with Crippen molar-refractivity contribution in [2.24, 2.45) is 5.92 Å². The molecular weight excluding hydrogens is 379 g/mol. The second-order valence-corrected chi connectivity index (χ2v) is 8.24. The standard InChI is InChI=1S/C25H35FN2O2/c1-29-25-15-22(14-23(26)16-25)21-10-11-24(28-18-21)19-30-13-7-3-2-4-8-20-9-5-6-12-27-17-20/h10-11,14-16,18,20,27H,2-9,12-13,17,19H2,1H3. The van der Waals surface area contributed by atoms with Crippen molar-refractivity contribution in [2.75, 3.05) is 26.8 Å². The van der Waals surface area contributed by atoms with E-state index in [0.29, 0.717) is 12.4 Å². The summed E-state index contributed by atoms with van der Waals surface area (Å²) >= 11 is 0. The Morgan fingerprint density at radius 1 is 1.07 bits per heavy atom. The molecule has 1 N–H and O–H groups in total. The highest BCUT2D eigenvalue weighted by Crippen LogP contribution is 2.25. The molecule has 1 aliphatic rings. The van der Waals surface area contributed by atoms with Gasteiger partial charge in [0.05, 0.1) is 19.4 Å². The highest BCUT2D eigenvalue weighted by Gasteiger charge is 2.11. The lowest BCUT2D eigenvalue weighted by Gasteiger charge is -2.13. The zero-order valence-corrected chi connectivity index (χ0v) is 18.2. The lowest BCUT2D eigenvalue weighted by molar-refractivity contribution is 0.114. The molecule has 3 rings (SSSR count). The maximum Gasteiger partial charge on any atom is 0.127 e. The van der Waals surface area contributed by atoms with E-state index in [0.717, 1.165) is 35.8 Å². The van der Waals surface area contributed by atoms with Crippen LogP contribution in [-0.2, 0) is 11.3 Å². The largest absolute Gasteiger partial charge is 0.497 e. The molecule has 0 bridgehead atoms. The minimum atomic E-state index is -0.317. The quantitative estimate of drug-likeness (QED) is 0.475. The van der Waals surface area contributed by atoms with Crippen LogP contribution in [-0.4, -0.2) is 31.8 Å². The average Bonchev–Trinajstić information content (AvgIpc) is 3.04. The maximum atomic E-state index is 13.7. The van der Waals surface area contributed by atoms with Crippen LogP contribution in [0.15, 0.2) is 36.5 Å². The van der Waals surface area contributed by atoms with E-state index >= 15 is 0 Å². The van der Waals surface area contributed by atoms with Crippen molar-refractivity contribution in [3.05, 3.63) is 48.0 Å². The molecule has 1 aromatic carbocycles. The lowest BCUT2D eigenvalue weighted by atomic mass is 9.96. The van der Waals surface area contributed by atoms with E-state index in [1.165, 1.54) is 77.3 Å². The maximum absolute atomic E-state index is 13.7. The summed E-state index contributed by atoms with van der Waals surface area (Å²) in [7, 11) is 1.53. The molecule has 2 aromatic rings. The molecule has 2 heterocycles. The van der Waals surface area contributed by atoms with Gasteiger partial charge in [0, 0.05) is 24.4 Å². The zero-order valence-electron chi connectivity index (χ0n) is 18.2. The fraction of sp³-hybridized carbons (Fsp3) is 0.560. The van der Waals surface area contributed by atoms with Crippen LogP contribution < -0.4 is 10.1 Å². The fourth-order valence-corrected chi connectivity index (χ4v) is 4.03. The van der Waals surface area contributed by atoms with E-state index in [9.17, 15) is 4.39 Å². The molecular formula is C25H35FN2O2. The predicted octanol–water partition coefficient (Wildman–Crippen LogP) is 5.75. The summed E-state index contributed by atoms with van der Waals surface area (Å²) in [4.78, 5) is 4.45. The number of unbranched alkanes of at least 4 members (excludes halogenated alkanes) is 3. The van der Waals surface area contributed by atoms with E-state index < -0.39 is 0 Å². The van der Waals surface area contributed by atoms with Crippen molar-refractivity contribution in [1.29, 1.82) is 0 Å². The van der Waals surface area contributed by atoms with Crippen molar-refractivity contribution in [1.82, 2.24) is 10.3 Å². The van der Waals surface area contributed by atoms with E-state index in [1.54, 1.807) is 6.20 Å². The van der Waals surface area contributed by atoms with Crippen molar-refractivity contribution >= 4 is 0 Å². The minimum Gasteiger partial charge on any atom is -0.497 e. The highest BCUT2D eigenvalue weighted by atomic mass is 19.1. The lowest BCUT2D eigenvalue weighted by Crippen LogP contribution is -2.20. The van der Waals surface area contributed by atoms with Crippen LogP contribution in [0.5, 0.6) is 5.75 Å². The van der Waals surface area contributed by atoms with Gasteiger partial charge in [-0.25, -0.2) is 4.39 Å². The second kappa shape index (κ2) is 12.7. The summed E-state index contributed by atoms with van der Waals surface area (Å²) in [5.41, 5.74) is 2.51. The SMILES string of the molecule is COc1cc(F)cc(-c2ccc(COCCCCCCC3CCCCNC3)nc2)c1. The summed E-state index contributed by atoms with van der Waals surface area (Å²) in [5.74, 6) is 1.07. The summed E-state index contributed by atoms with van der Waals surface area (Å²) in [6.45, 7) is 3.70. The van der Waals surface area contributed by atoms with Gasteiger partial charge in [-0.2, -0.15) is 0 Å². The van der Waals surface area contributed by atoms with Gasteiger partial charge in [-0.05, 0) is 68.5 Å². The third-order valence-corrected chi connectivity index (χ3v) is 5.82. The van der Waals surface area contributed by atoms with Gasteiger partial charge in [-0.3, -0.25) is 4.98 Å². The van der Waals surface area contributed by atoms with Crippen LogP contribution in [0.1, 0.15) is 57.1 Å². The average molecular weight is 415 g/mol. The molecule has 0 radical (unpaired) electrons. The van der Waals surface area contributed by atoms with Gasteiger partial charge in [-0.15, -0.1) is 0 Å². The van der Waals surface area contributed by atoms with Crippen molar-refractivity contribution < 1.29 is 13.9 Å². The molecule has 5 heteroatoms. The third-order valence-electron chi connectivity index (χ3n) is 5.82. The minimum absolute atomic E-state index is 0.317. The Labute approximate surface area is 180 Å². The zero-order chi connectivity index (χ0) is 21.0. The molecule has 0 amide bonds. The smallest absolute Gasteiger partial charge is 0.127 e. The summed E-state index contributed by atoms with van der Waals surface area (Å²) in [6.07, 6.45) is 12.2. The highest BCUT2D eigenvalue weighted by molar-refractivity contribution is 5.64. The van der Waals surface area contributed by atoms with Gasteiger partial charge in [0.2, 0.25) is 0 Å². The van der Waals surface area contributed by atoms with Crippen molar-refractivity contribution in [2.45, 2.75) is 58.0 Å². The number of aromatic nitrogens is 1. The molecule has 164 valence electrons. The molecule has 0 saturated carbocycles. The molecule has 30 heavy (non-hydrogen) atoms. The number of ether oxygens (including phenoxy) is 2. The topological polar surface area (TPSA) is 43.4 Å². The van der Waals surface area contributed by atoms with Gasteiger partial charge in [0.1, 0.15) is 11.6 Å². The summed E-state index contributed by atoms with van der Waals surface area (Å²) in [6, 6.07) is 8.55. The number of halogens is 1. The number of methoxy groups -OCH3 is 1. The van der Waals surface area contributed by atoms with Crippen LogP contribution in [0.3, 0.4) is 0 Å². The van der Waals surface area contributed by atoms with Gasteiger partial charge in [0.15, 0.2) is 0 Å². The normalized spacial score (nSPS) is 16.9. The Kier molecular flexibility index (Phi) is 9.58. The number of hydrogen-bond acceptors (Lipinski definition) is 4. The molecule has 1 atom stereocenters. The predicted molar refractivity (Wildman–Crippen MR) is 119 cm³/mol. The Hall–Kier alpha value is -1.98. The molecule has 4 nitrogen and oxygen atoms in total. The van der Waals surface area contributed by atoms with Gasteiger partial charge >= 0.3 is 0 Å². The Balaban J connectivity index is 1.29. The molecule has 0 aliphatic carbocycles. The first-order valence-electron chi connectivity index (χ1n) is 11.3. The molecule has 1 aromatic heterocycles. The monoisotopic (exact) mass is 414 g/mol. The third kappa shape index (κ3) is 7.69. The Morgan fingerprint density at radius 2 is 1.97 bits per heavy atom. The summed E-state index contributed by atoms with van der Waals surface area (Å²) < 4.78 is 24.6. The van der Waals surface area contributed by atoms with Gasteiger partial charge < -0.3 is 14.8 Å². The first kappa shape index (κ1) is 22.7. The van der Waals surface area contributed by atoms with Gasteiger partial charge in [-0.1, -0.05) is 31.7 Å². The first-order chi connectivity index (χ1) is 14.7. The second-order valence-electron chi connectivity index (χ2n) is 8.24. The molecule has 0 spiro atoms. The number of hydrogen-bond donors (Lipinski definition) is 1. The van der Waals surface area contributed by atoms with Crippen LogP contribution in [0.4, 0.5) is 4.39 Å². The van der Waals surface area contributed by atoms with Crippen LogP contribution in [0, 0.1) is 11.7 Å². The number of nitrogens with zero attached hydrogens (tertiary/aromatic N) is 1. The van der Waals surface area contributed by atoms with Crippen molar-refractivity contribution in [3.63, 3.8) is 0 Å². The molecule has 1 fully saturated rings. The number of benzene rings is 1. The van der Waals surface area contributed by atoms with E-state index in [1.807, 2.05) is 18.2 Å². The summed E-state index contributed by atoms with van der Waals surface area (Å²) in [5, 5.41) is 3.55.